The van der Waals surface area contributed by atoms with Crippen molar-refractivity contribution >= 4 is 35.1 Å². The lowest BCUT2D eigenvalue weighted by Crippen LogP contribution is -2.45. The average Bonchev–Trinajstić information content (AvgIpc) is 3.29. The summed E-state index contributed by atoms with van der Waals surface area (Å²) in [5.74, 6) is -0.618. The Bertz CT molecular complexity index is 1590. The van der Waals surface area contributed by atoms with Gasteiger partial charge >= 0.3 is 5.97 Å². The highest BCUT2D eigenvalue weighted by atomic mass is 32.2. The van der Waals surface area contributed by atoms with Gasteiger partial charge in [-0.2, -0.15) is 4.31 Å². The molecule has 1 unspecified atom stereocenters. The number of aryl methyl sites for hydroxylation is 1. The first kappa shape index (κ1) is 29.7. The molecule has 4 rings (SSSR count). The average molecular weight is 578 g/mol. The van der Waals surface area contributed by atoms with E-state index in [0.29, 0.717) is 5.69 Å². The summed E-state index contributed by atoms with van der Waals surface area (Å²) in [6.45, 7) is 14.7. The van der Waals surface area contributed by atoms with E-state index in [2.05, 4.69) is 55.3 Å². The second-order valence-electron chi connectivity index (χ2n) is 11.6. The van der Waals surface area contributed by atoms with E-state index in [0.717, 1.165) is 22.0 Å². The second kappa shape index (κ2) is 11.3. The van der Waals surface area contributed by atoms with Crippen LogP contribution in [0.1, 0.15) is 50.6 Å². The van der Waals surface area contributed by atoms with Crippen LogP contribution in [0.3, 0.4) is 0 Å². The monoisotopic (exact) mass is 577 g/mol. The van der Waals surface area contributed by atoms with Gasteiger partial charge in [0.2, 0.25) is 10.0 Å². The van der Waals surface area contributed by atoms with Crippen LogP contribution in [0.2, 0.25) is 18.1 Å². The van der Waals surface area contributed by atoms with Crippen LogP contribution in [0.15, 0.2) is 84.0 Å². The van der Waals surface area contributed by atoms with Crippen molar-refractivity contribution in [1.82, 2.24) is 13.5 Å². The SMILES string of the molecule is CCOC(=O)CN(C(c1ccccn1)c1cn([Si](C)(C)C(C)(C)C)c2ccccc12)S(=O)(=O)c1ccc(C)cc1. The van der Waals surface area contributed by atoms with Crippen molar-refractivity contribution in [2.75, 3.05) is 13.2 Å². The van der Waals surface area contributed by atoms with Crippen molar-refractivity contribution in [2.24, 2.45) is 0 Å². The Hall–Kier alpha value is -3.27. The molecule has 2 aromatic carbocycles. The highest BCUT2D eigenvalue weighted by Gasteiger charge is 2.42. The molecule has 0 N–H and O–H groups in total. The number of esters is 1. The minimum atomic E-state index is -4.16. The predicted molar refractivity (Wildman–Crippen MR) is 162 cm³/mol. The lowest BCUT2D eigenvalue weighted by molar-refractivity contribution is -0.143. The molecular weight excluding hydrogens is 539 g/mol. The first-order valence-corrected chi connectivity index (χ1v) is 17.9. The molecule has 40 heavy (non-hydrogen) atoms. The lowest BCUT2D eigenvalue weighted by Gasteiger charge is -2.38. The summed E-state index contributed by atoms with van der Waals surface area (Å²) in [6.07, 6.45) is 3.74. The van der Waals surface area contributed by atoms with E-state index in [4.69, 9.17) is 4.74 Å². The Labute approximate surface area is 239 Å². The zero-order valence-electron chi connectivity index (χ0n) is 24.4. The van der Waals surface area contributed by atoms with E-state index in [1.807, 2.05) is 37.3 Å². The van der Waals surface area contributed by atoms with E-state index in [9.17, 15) is 13.2 Å². The molecule has 212 valence electrons. The Morgan fingerprint density at radius 2 is 1.68 bits per heavy atom. The molecule has 0 saturated carbocycles. The predicted octanol–water partition coefficient (Wildman–Crippen LogP) is 6.54. The van der Waals surface area contributed by atoms with E-state index in [1.165, 1.54) is 4.31 Å². The van der Waals surface area contributed by atoms with E-state index >= 15 is 0 Å². The summed E-state index contributed by atoms with van der Waals surface area (Å²) >= 11 is 0. The number of carbonyl (C=O) groups excluding carboxylic acids is 1. The zero-order chi connectivity index (χ0) is 29.3. The normalized spacial score (nSPS) is 13.5. The zero-order valence-corrected chi connectivity index (χ0v) is 26.2. The minimum absolute atomic E-state index is 0.0190. The Balaban J connectivity index is 2.04. The van der Waals surface area contributed by atoms with Crippen LogP contribution in [-0.2, 0) is 19.6 Å². The molecule has 0 aliphatic heterocycles. The lowest BCUT2D eigenvalue weighted by atomic mass is 10.0. The minimum Gasteiger partial charge on any atom is -0.465 e. The number of ether oxygens (including phenoxy) is 1. The quantitative estimate of drug-likeness (QED) is 0.167. The third-order valence-corrected chi connectivity index (χ3v) is 15.0. The molecule has 0 spiro atoms. The fourth-order valence-corrected chi connectivity index (χ4v) is 8.25. The molecule has 0 aliphatic rings. The molecule has 2 aromatic heterocycles. The Morgan fingerprint density at radius 3 is 2.27 bits per heavy atom. The number of para-hydroxylation sites is 1. The Morgan fingerprint density at radius 1 is 1.02 bits per heavy atom. The van der Waals surface area contributed by atoms with Crippen LogP contribution in [0, 0.1) is 6.92 Å². The van der Waals surface area contributed by atoms with Crippen molar-refractivity contribution in [3.05, 3.63) is 95.9 Å². The number of pyridine rings is 1. The molecule has 0 amide bonds. The maximum atomic E-state index is 14.4. The van der Waals surface area contributed by atoms with Crippen LogP contribution in [0.25, 0.3) is 10.9 Å². The van der Waals surface area contributed by atoms with Crippen molar-refractivity contribution in [1.29, 1.82) is 0 Å². The second-order valence-corrected chi connectivity index (χ2v) is 18.6. The van der Waals surface area contributed by atoms with Gasteiger partial charge in [0.1, 0.15) is 6.54 Å². The van der Waals surface area contributed by atoms with Gasteiger partial charge in [0.05, 0.1) is 23.2 Å². The van der Waals surface area contributed by atoms with Gasteiger partial charge in [-0.3, -0.25) is 9.78 Å². The van der Waals surface area contributed by atoms with Crippen LogP contribution >= 0.6 is 0 Å². The van der Waals surface area contributed by atoms with Gasteiger partial charge in [-0.05, 0) is 49.2 Å². The Kier molecular flexibility index (Phi) is 8.40. The summed E-state index contributed by atoms with van der Waals surface area (Å²) in [7, 11) is -6.29. The summed E-state index contributed by atoms with van der Waals surface area (Å²) < 4.78 is 37.6. The standard InChI is InChI=1S/C31H39N3O4SSi/c1-8-38-29(35)22-33(39(36,37)24-18-16-23(2)17-19-24)30(27-14-11-12-20-32-27)26-21-34(40(6,7)31(3,4)5)28-15-10-9-13-25(26)28/h9-21,30H,8,22H2,1-7H3. The van der Waals surface area contributed by atoms with Gasteiger partial charge in [-0.1, -0.05) is 75.8 Å². The fraction of sp³-hybridized carbons (Fsp3) is 0.355. The van der Waals surface area contributed by atoms with Crippen LogP contribution in [-0.4, -0.2) is 49.3 Å². The number of carbonyl (C=O) groups is 1. The first-order chi connectivity index (χ1) is 18.8. The summed E-state index contributed by atoms with van der Waals surface area (Å²) in [5, 5.41) is 0.946. The number of sulfonamides is 1. The van der Waals surface area contributed by atoms with Gasteiger partial charge in [-0.25, -0.2) is 8.42 Å². The molecule has 7 nitrogen and oxygen atoms in total. The molecule has 0 radical (unpaired) electrons. The molecule has 0 fully saturated rings. The van der Waals surface area contributed by atoms with Gasteiger partial charge in [-0.15, -0.1) is 0 Å². The topological polar surface area (TPSA) is 81.5 Å². The van der Waals surface area contributed by atoms with E-state index in [1.54, 1.807) is 43.5 Å². The smallest absolute Gasteiger partial charge is 0.321 e. The number of hydrogen-bond donors (Lipinski definition) is 0. The molecule has 2 heterocycles. The maximum Gasteiger partial charge on any atom is 0.321 e. The molecular formula is C31H39N3O4SSi. The number of aromatic nitrogens is 2. The van der Waals surface area contributed by atoms with Gasteiger partial charge in [0.25, 0.3) is 0 Å². The number of benzene rings is 2. The van der Waals surface area contributed by atoms with Crippen molar-refractivity contribution in [2.45, 2.75) is 63.7 Å². The number of hydrogen-bond acceptors (Lipinski definition) is 5. The molecule has 0 aliphatic carbocycles. The number of nitrogens with zero attached hydrogens (tertiary/aromatic N) is 3. The highest BCUT2D eigenvalue weighted by Crippen LogP contribution is 2.43. The van der Waals surface area contributed by atoms with Crippen LogP contribution in [0.5, 0.6) is 0 Å². The molecule has 0 bridgehead atoms. The summed E-state index contributed by atoms with van der Waals surface area (Å²) in [5.41, 5.74) is 3.28. The third kappa shape index (κ3) is 5.63. The van der Waals surface area contributed by atoms with Crippen molar-refractivity contribution < 1.29 is 17.9 Å². The highest BCUT2D eigenvalue weighted by molar-refractivity contribution is 7.89. The number of rotatable bonds is 9. The van der Waals surface area contributed by atoms with Crippen LogP contribution in [0.4, 0.5) is 0 Å². The van der Waals surface area contributed by atoms with E-state index in [-0.39, 0.29) is 16.5 Å². The van der Waals surface area contributed by atoms with Gasteiger partial charge in [0.15, 0.2) is 8.24 Å². The molecule has 0 saturated heterocycles. The largest absolute Gasteiger partial charge is 0.465 e. The first-order valence-electron chi connectivity index (χ1n) is 13.5. The molecule has 9 heteroatoms. The maximum absolute atomic E-state index is 14.4. The third-order valence-electron chi connectivity index (χ3n) is 7.95. The van der Waals surface area contributed by atoms with Gasteiger partial charge in [0, 0.05) is 28.9 Å². The fourth-order valence-electron chi connectivity index (χ4n) is 4.74. The van der Waals surface area contributed by atoms with Crippen molar-refractivity contribution in [3.63, 3.8) is 0 Å². The van der Waals surface area contributed by atoms with E-state index < -0.39 is 36.8 Å². The summed E-state index contributed by atoms with van der Waals surface area (Å²) in [6, 6.07) is 19.3. The van der Waals surface area contributed by atoms with Crippen molar-refractivity contribution in [3.8, 4) is 0 Å². The molecule has 4 aromatic rings. The number of fused-ring (bicyclic) bond motifs is 1. The summed E-state index contributed by atoms with van der Waals surface area (Å²) in [4.78, 5) is 17.7. The van der Waals surface area contributed by atoms with Gasteiger partial charge < -0.3 is 8.97 Å². The molecule has 1 atom stereocenters. The van der Waals surface area contributed by atoms with Crippen LogP contribution < -0.4 is 0 Å².